The Bertz CT molecular complexity index is 830. The van der Waals surface area contributed by atoms with E-state index >= 15 is 0 Å². The number of anilines is 1. The molecule has 7 heteroatoms. The molecule has 0 spiro atoms. The number of hydrogen-bond acceptors (Lipinski definition) is 4. The minimum absolute atomic E-state index is 0.336. The first-order valence-electron chi connectivity index (χ1n) is 7.76. The molecule has 0 fully saturated rings. The zero-order chi connectivity index (χ0) is 17.6. The maximum absolute atomic E-state index is 12.4. The Hall–Kier alpha value is -3.35. The van der Waals surface area contributed by atoms with Crippen LogP contribution in [0.5, 0.6) is 5.75 Å². The monoisotopic (exact) mass is 337 g/mol. The van der Waals surface area contributed by atoms with Crippen molar-refractivity contribution in [2.45, 2.75) is 6.04 Å². The minimum atomic E-state index is -0.400. The van der Waals surface area contributed by atoms with Crippen molar-refractivity contribution >= 4 is 11.7 Å². The molecule has 0 radical (unpaired) electrons. The van der Waals surface area contributed by atoms with E-state index in [0.29, 0.717) is 5.69 Å². The number of nitrogens with one attached hydrogen (secondary N) is 2. The standard InChI is InChI=1S/C18H19N5O2/c1-23-11-10-20-17(23)16(13-5-7-15(25-2)8-6-13)22-18(24)21-14-4-3-9-19-12-14/h3-12,16H,1-2H3,(H2,21,22,24). The summed E-state index contributed by atoms with van der Waals surface area (Å²) in [6, 6.07) is 10.3. The molecule has 3 aromatic rings. The Balaban J connectivity index is 1.83. The summed E-state index contributed by atoms with van der Waals surface area (Å²) >= 11 is 0. The highest BCUT2D eigenvalue weighted by Gasteiger charge is 2.21. The van der Waals surface area contributed by atoms with E-state index in [1.807, 2.05) is 42.1 Å². The van der Waals surface area contributed by atoms with Crippen molar-refractivity contribution in [1.29, 1.82) is 0 Å². The number of pyridine rings is 1. The van der Waals surface area contributed by atoms with E-state index in [1.54, 1.807) is 37.8 Å². The van der Waals surface area contributed by atoms with Crippen LogP contribution in [0.3, 0.4) is 0 Å². The van der Waals surface area contributed by atoms with Crippen LogP contribution in [0.15, 0.2) is 61.2 Å². The van der Waals surface area contributed by atoms with Gasteiger partial charge in [-0.05, 0) is 29.8 Å². The number of amides is 2. The number of imidazole rings is 1. The fourth-order valence-corrected chi connectivity index (χ4v) is 2.48. The van der Waals surface area contributed by atoms with Gasteiger partial charge in [-0.3, -0.25) is 4.98 Å². The SMILES string of the molecule is COc1ccc(C(NC(=O)Nc2cccnc2)c2nccn2C)cc1. The van der Waals surface area contributed by atoms with Crippen LogP contribution in [0.4, 0.5) is 10.5 Å². The van der Waals surface area contributed by atoms with E-state index in [2.05, 4.69) is 20.6 Å². The first-order valence-corrected chi connectivity index (χ1v) is 7.76. The molecule has 0 aliphatic carbocycles. The number of hydrogen-bond donors (Lipinski definition) is 2. The van der Waals surface area contributed by atoms with Crippen molar-refractivity contribution in [3.8, 4) is 5.75 Å². The van der Waals surface area contributed by atoms with Gasteiger partial charge in [-0.1, -0.05) is 12.1 Å². The summed E-state index contributed by atoms with van der Waals surface area (Å²) in [5.41, 5.74) is 1.52. The molecule has 0 saturated carbocycles. The Kier molecular flexibility index (Phi) is 4.94. The Morgan fingerprint density at radius 1 is 1.20 bits per heavy atom. The molecule has 2 heterocycles. The molecule has 0 bridgehead atoms. The van der Waals surface area contributed by atoms with Gasteiger partial charge in [-0.2, -0.15) is 0 Å². The first kappa shape index (κ1) is 16.5. The lowest BCUT2D eigenvalue weighted by atomic mass is 10.1. The zero-order valence-corrected chi connectivity index (χ0v) is 14.0. The summed E-state index contributed by atoms with van der Waals surface area (Å²) in [6.07, 6.45) is 6.78. The van der Waals surface area contributed by atoms with Crippen LogP contribution < -0.4 is 15.4 Å². The van der Waals surface area contributed by atoms with Crippen molar-refractivity contribution < 1.29 is 9.53 Å². The Labute approximate surface area is 145 Å². The number of carbonyl (C=O) groups excluding carboxylic acids is 1. The third kappa shape index (κ3) is 3.95. The molecule has 7 nitrogen and oxygen atoms in total. The molecule has 2 aromatic heterocycles. The van der Waals surface area contributed by atoms with Crippen LogP contribution in [0.1, 0.15) is 17.4 Å². The van der Waals surface area contributed by atoms with E-state index in [0.717, 1.165) is 17.1 Å². The van der Waals surface area contributed by atoms with E-state index in [1.165, 1.54) is 0 Å². The predicted molar refractivity (Wildman–Crippen MR) is 94.4 cm³/mol. The molecule has 1 aromatic carbocycles. The fraction of sp³-hybridized carbons (Fsp3) is 0.167. The van der Waals surface area contributed by atoms with E-state index in [4.69, 9.17) is 4.74 Å². The second-order valence-corrected chi connectivity index (χ2v) is 5.44. The lowest BCUT2D eigenvalue weighted by Crippen LogP contribution is -2.34. The number of urea groups is 1. The number of benzene rings is 1. The van der Waals surface area contributed by atoms with Gasteiger partial charge in [0.05, 0.1) is 19.0 Å². The molecular weight excluding hydrogens is 318 g/mol. The maximum atomic E-state index is 12.4. The van der Waals surface area contributed by atoms with Gasteiger partial charge in [0.15, 0.2) is 0 Å². The first-order chi connectivity index (χ1) is 12.2. The van der Waals surface area contributed by atoms with Gasteiger partial charge in [0.2, 0.25) is 0 Å². The minimum Gasteiger partial charge on any atom is -0.497 e. The van der Waals surface area contributed by atoms with E-state index < -0.39 is 6.04 Å². The summed E-state index contributed by atoms with van der Waals surface area (Å²) in [5, 5.41) is 5.73. The number of methoxy groups -OCH3 is 1. The summed E-state index contributed by atoms with van der Waals surface area (Å²) in [5.74, 6) is 1.48. The second-order valence-electron chi connectivity index (χ2n) is 5.44. The summed E-state index contributed by atoms with van der Waals surface area (Å²) < 4.78 is 7.07. The summed E-state index contributed by atoms with van der Waals surface area (Å²) in [6.45, 7) is 0. The lowest BCUT2D eigenvalue weighted by Gasteiger charge is -2.19. The molecule has 0 saturated heterocycles. The van der Waals surface area contributed by atoms with Crippen LogP contribution in [0.2, 0.25) is 0 Å². The van der Waals surface area contributed by atoms with E-state index in [9.17, 15) is 4.79 Å². The quantitative estimate of drug-likeness (QED) is 0.750. The molecule has 128 valence electrons. The number of aryl methyl sites for hydroxylation is 1. The molecule has 3 rings (SSSR count). The molecule has 0 aliphatic heterocycles. The third-order valence-electron chi connectivity index (χ3n) is 3.76. The van der Waals surface area contributed by atoms with Gasteiger partial charge in [-0.15, -0.1) is 0 Å². The largest absolute Gasteiger partial charge is 0.497 e. The average Bonchev–Trinajstić information content (AvgIpc) is 3.06. The fourth-order valence-electron chi connectivity index (χ4n) is 2.48. The number of rotatable bonds is 5. The van der Waals surface area contributed by atoms with Gasteiger partial charge in [0, 0.05) is 25.6 Å². The van der Waals surface area contributed by atoms with Crippen molar-refractivity contribution in [3.05, 3.63) is 72.6 Å². The van der Waals surface area contributed by atoms with Crippen molar-refractivity contribution in [2.24, 2.45) is 7.05 Å². The number of aromatic nitrogens is 3. The van der Waals surface area contributed by atoms with Gasteiger partial charge < -0.3 is 19.9 Å². The highest BCUT2D eigenvalue weighted by molar-refractivity contribution is 5.89. The Morgan fingerprint density at radius 3 is 2.60 bits per heavy atom. The van der Waals surface area contributed by atoms with Crippen LogP contribution in [-0.2, 0) is 7.05 Å². The maximum Gasteiger partial charge on any atom is 0.320 e. The second kappa shape index (κ2) is 7.48. The van der Waals surface area contributed by atoms with Crippen LogP contribution in [-0.4, -0.2) is 27.7 Å². The average molecular weight is 337 g/mol. The van der Waals surface area contributed by atoms with Gasteiger partial charge >= 0.3 is 6.03 Å². The zero-order valence-electron chi connectivity index (χ0n) is 14.0. The number of ether oxygens (including phenoxy) is 1. The third-order valence-corrected chi connectivity index (χ3v) is 3.76. The molecule has 0 aliphatic rings. The molecule has 2 amide bonds. The molecular formula is C18H19N5O2. The predicted octanol–water partition coefficient (Wildman–Crippen LogP) is 2.73. The van der Waals surface area contributed by atoms with Crippen LogP contribution in [0, 0.1) is 0 Å². The number of nitrogens with zero attached hydrogens (tertiary/aromatic N) is 3. The summed E-state index contributed by atoms with van der Waals surface area (Å²) in [7, 11) is 3.50. The van der Waals surface area contributed by atoms with Crippen LogP contribution >= 0.6 is 0 Å². The highest BCUT2D eigenvalue weighted by atomic mass is 16.5. The normalized spacial score (nSPS) is 11.6. The molecule has 1 unspecified atom stereocenters. The smallest absolute Gasteiger partial charge is 0.320 e. The highest BCUT2D eigenvalue weighted by Crippen LogP contribution is 2.23. The molecule has 1 atom stereocenters. The van der Waals surface area contributed by atoms with Crippen molar-refractivity contribution in [3.63, 3.8) is 0 Å². The summed E-state index contributed by atoms with van der Waals surface area (Å²) in [4.78, 5) is 20.8. The molecule has 2 N–H and O–H groups in total. The van der Waals surface area contributed by atoms with Crippen LogP contribution in [0.25, 0.3) is 0 Å². The topological polar surface area (TPSA) is 81.1 Å². The lowest BCUT2D eigenvalue weighted by molar-refractivity contribution is 0.249. The number of carbonyl (C=O) groups is 1. The van der Waals surface area contributed by atoms with E-state index in [-0.39, 0.29) is 6.03 Å². The van der Waals surface area contributed by atoms with Gasteiger partial charge in [-0.25, -0.2) is 9.78 Å². The van der Waals surface area contributed by atoms with Gasteiger partial charge in [0.25, 0.3) is 0 Å². The Morgan fingerprint density at radius 2 is 2.00 bits per heavy atom. The van der Waals surface area contributed by atoms with Crippen molar-refractivity contribution in [1.82, 2.24) is 19.9 Å². The molecule has 25 heavy (non-hydrogen) atoms. The van der Waals surface area contributed by atoms with Crippen molar-refractivity contribution in [2.75, 3.05) is 12.4 Å². The van der Waals surface area contributed by atoms with Gasteiger partial charge in [0.1, 0.15) is 17.6 Å².